The minimum Gasteiger partial charge on any atom is -0.484 e. The number of aromatic nitrogens is 1. The largest absolute Gasteiger partial charge is 0.484 e. The van der Waals surface area contributed by atoms with E-state index in [1.807, 2.05) is 42.5 Å². The summed E-state index contributed by atoms with van der Waals surface area (Å²) in [5.74, 6) is -0.105. The van der Waals surface area contributed by atoms with E-state index in [4.69, 9.17) is 4.74 Å². The molecular formula is C23H19N3O4S. The summed E-state index contributed by atoms with van der Waals surface area (Å²) in [4.78, 5) is 42.1. The van der Waals surface area contributed by atoms with E-state index in [-0.39, 0.29) is 36.7 Å². The standard InChI is InChI=1S/C23H19N3O4S/c27-21(15-30-19-8-7-17-5-1-2-6-18(17)13-19)25-10-11-26-22(28)20(31-23(26)29)12-16-4-3-9-24-14-16/h1-9,12-14H,10-11,15H2,(H,25,27)/b20-12+. The van der Waals surface area contributed by atoms with E-state index in [1.165, 1.54) is 0 Å². The molecule has 3 amide bonds. The highest BCUT2D eigenvalue weighted by atomic mass is 32.2. The number of nitrogens with one attached hydrogen (secondary N) is 1. The second kappa shape index (κ2) is 9.44. The van der Waals surface area contributed by atoms with Gasteiger partial charge in [-0.15, -0.1) is 0 Å². The minimum absolute atomic E-state index is 0.0940. The van der Waals surface area contributed by atoms with E-state index < -0.39 is 0 Å². The predicted molar refractivity (Wildman–Crippen MR) is 119 cm³/mol. The number of thioether (sulfide) groups is 1. The molecule has 1 fully saturated rings. The number of ether oxygens (including phenoxy) is 1. The molecule has 0 aliphatic carbocycles. The monoisotopic (exact) mass is 433 g/mol. The quantitative estimate of drug-likeness (QED) is 0.574. The van der Waals surface area contributed by atoms with Gasteiger partial charge in [-0.25, -0.2) is 0 Å². The van der Waals surface area contributed by atoms with Gasteiger partial charge < -0.3 is 10.1 Å². The number of amides is 3. The lowest BCUT2D eigenvalue weighted by Gasteiger charge is -2.13. The third-order valence-electron chi connectivity index (χ3n) is 4.60. The normalized spacial score (nSPS) is 15.0. The van der Waals surface area contributed by atoms with Gasteiger partial charge in [0.25, 0.3) is 17.1 Å². The van der Waals surface area contributed by atoms with E-state index in [9.17, 15) is 14.4 Å². The van der Waals surface area contributed by atoms with Crippen LogP contribution in [0.4, 0.5) is 4.79 Å². The van der Waals surface area contributed by atoms with Crippen molar-refractivity contribution in [2.45, 2.75) is 0 Å². The molecule has 31 heavy (non-hydrogen) atoms. The van der Waals surface area contributed by atoms with Crippen molar-refractivity contribution in [1.82, 2.24) is 15.2 Å². The number of hydrogen-bond donors (Lipinski definition) is 1. The molecule has 0 radical (unpaired) electrons. The molecule has 0 bridgehead atoms. The van der Waals surface area contributed by atoms with E-state index in [2.05, 4.69) is 10.3 Å². The molecule has 4 rings (SSSR count). The van der Waals surface area contributed by atoms with Crippen LogP contribution in [0, 0.1) is 0 Å². The molecule has 8 heteroatoms. The third kappa shape index (κ3) is 5.10. The summed E-state index contributed by atoms with van der Waals surface area (Å²) in [5.41, 5.74) is 0.743. The zero-order chi connectivity index (χ0) is 21.6. The van der Waals surface area contributed by atoms with Crippen molar-refractivity contribution < 1.29 is 19.1 Å². The predicted octanol–water partition coefficient (Wildman–Crippen LogP) is 3.47. The van der Waals surface area contributed by atoms with Crippen LogP contribution >= 0.6 is 11.8 Å². The lowest BCUT2D eigenvalue weighted by Crippen LogP contribution is -2.38. The Hall–Kier alpha value is -3.65. The van der Waals surface area contributed by atoms with Gasteiger partial charge in [-0.2, -0.15) is 0 Å². The fraction of sp³-hybridized carbons (Fsp3) is 0.130. The zero-order valence-electron chi connectivity index (χ0n) is 16.5. The average Bonchev–Trinajstić information content (AvgIpc) is 3.05. The lowest BCUT2D eigenvalue weighted by molar-refractivity contribution is -0.125. The number of imide groups is 1. The molecule has 2 aromatic carbocycles. The van der Waals surface area contributed by atoms with Crippen molar-refractivity contribution in [3.8, 4) is 5.75 Å². The number of carbonyl (C=O) groups excluding carboxylic acids is 3. The topological polar surface area (TPSA) is 88.6 Å². The van der Waals surface area contributed by atoms with Crippen LogP contribution in [-0.4, -0.2) is 46.6 Å². The second-order valence-electron chi connectivity index (χ2n) is 6.77. The lowest BCUT2D eigenvalue weighted by atomic mass is 10.1. The maximum atomic E-state index is 12.5. The molecule has 2 heterocycles. The van der Waals surface area contributed by atoms with Crippen LogP contribution in [0.25, 0.3) is 16.8 Å². The molecule has 1 aliphatic heterocycles. The van der Waals surface area contributed by atoms with Crippen molar-refractivity contribution in [3.63, 3.8) is 0 Å². The molecule has 1 N–H and O–H groups in total. The van der Waals surface area contributed by atoms with E-state index in [0.29, 0.717) is 10.7 Å². The number of nitrogens with zero attached hydrogens (tertiary/aromatic N) is 2. The van der Waals surface area contributed by atoms with Crippen LogP contribution in [0.15, 0.2) is 71.9 Å². The molecule has 0 spiro atoms. The minimum atomic E-state index is -0.375. The SMILES string of the molecule is O=C(COc1ccc2ccccc2c1)NCCN1C(=O)S/C(=C/c2cccnc2)C1=O. The number of benzene rings is 2. The molecule has 0 atom stereocenters. The highest BCUT2D eigenvalue weighted by molar-refractivity contribution is 8.18. The number of pyridine rings is 1. The Morgan fingerprint density at radius 1 is 1.10 bits per heavy atom. The van der Waals surface area contributed by atoms with Crippen molar-refractivity contribution in [1.29, 1.82) is 0 Å². The third-order valence-corrected chi connectivity index (χ3v) is 5.51. The Balaban J connectivity index is 1.25. The summed E-state index contributed by atoms with van der Waals surface area (Å²) >= 11 is 0.877. The number of carbonyl (C=O) groups is 3. The molecule has 7 nitrogen and oxygen atoms in total. The first kappa shape index (κ1) is 20.6. The van der Waals surface area contributed by atoms with E-state index >= 15 is 0 Å². The fourth-order valence-corrected chi connectivity index (χ4v) is 3.93. The van der Waals surface area contributed by atoms with Gasteiger partial charge in [0.15, 0.2) is 6.61 Å². The maximum absolute atomic E-state index is 12.5. The number of rotatable bonds is 7. The Morgan fingerprint density at radius 3 is 2.74 bits per heavy atom. The van der Waals surface area contributed by atoms with Crippen LogP contribution in [0.2, 0.25) is 0 Å². The molecular weight excluding hydrogens is 414 g/mol. The first-order valence-electron chi connectivity index (χ1n) is 9.64. The first-order valence-corrected chi connectivity index (χ1v) is 10.5. The van der Waals surface area contributed by atoms with E-state index in [1.54, 1.807) is 30.6 Å². The van der Waals surface area contributed by atoms with Gasteiger partial charge >= 0.3 is 0 Å². The van der Waals surface area contributed by atoms with E-state index in [0.717, 1.165) is 33.0 Å². The van der Waals surface area contributed by atoms with Gasteiger partial charge in [-0.1, -0.05) is 36.4 Å². The van der Waals surface area contributed by atoms with Crippen molar-refractivity contribution >= 4 is 45.7 Å². The average molecular weight is 433 g/mol. The molecule has 3 aromatic rings. The number of hydrogen-bond acceptors (Lipinski definition) is 6. The second-order valence-corrected chi connectivity index (χ2v) is 7.76. The Morgan fingerprint density at radius 2 is 1.94 bits per heavy atom. The highest BCUT2D eigenvalue weighted by Crippen LogP contribution is 2.31. The van der Waals surface area contributed by atoms with Crippen LogP contribution in [-0.2, 0) is 9.59 Å². The molecule has 156 valence electrons. The van der Waals surface area contributed by atoms with Crippen molar-refractivity contribution in [2.24, 2.45) is 0 Å². The maximum Gasteiger partial charge on any atom is 0.293 e. The van der Waals surface area contributed by atoms with Gasteiger partial charge in [0, 0.05) is 25.5 Å². The molecule has 1 aromatic heterocycles. The first-order chi connectivity index (χ1) is 15.1. The van der Waals surface area contributed by atoms with Crippen LogP contribution < -0.4 is 10.1 Å². The Bertz CT molecular complexity index is 1160. The van der Waals surface area contributed by atoms with Gasteiger partial charge in [-0.3, -0.25) is 24.3 Å². The Kier molecular flexibility index (Phi) is 6.28. The van der Waals surface area contributed by atoms with Crippen molar-refractivity contribution in [3.05, 3.63) is 77.5 Å². The Labute approximate surface area is 183 Å². The van der Waals surface area contributed by atoms with Crippen LogP contribution in [0.5, 0.6) is 5.75 Å². The zero-order valence-corrected chi connectivity index (χ0v) is 17.3. The summed E-state index contributed by atoms with van der Waals surface area (Å²) in [6.07, 6.45) is 4.88. The number of fused-ring (bicyclic) bond motifs is 1. The van der Waals surface area contributed by atoms with Gasteiger partial charge in [0.2, 0.25) is 0 Å². The fourth-order valence-electron chi connectivity index (χ4n) is 3.07. The van der Waals surface area contributed by atoms with Gasteiger partial charge in [0.1, 0.15) is 5.75 Å². The smallest absolute Gasteiger partial charge is 0.293 e. The highest BCUT2D eigenvalue weighted by Gasteiger charge is 2.34. The van der Waals surface area contributed by atoms with Crippen molar-refractivity contribution in [2.75, 3.05) is 19.7 Å². The summed E-state index contributed by atoms with van der Waals surface area (Å²) < 4.78 is 5.55. The van der Waals surface area contributed by atoms with Crippen LogP contribution in [0.1, 0.15) is 5.56 Å². The summed E-state index contributed by atoms with van der Waals surface area (Å²) in [5, 5.41) is 4.43. The molecule has 0 unspecified atom stereocenters. The molecule has 0 saturated carbocycles. The molecule has 1 aliphatic rings. The summed E-state index contributed by atoms with van der Waals surface area (Å²) in [6, 6.07) is 17.0. The van der Waals surface area contributed by atoms with Gasteiger partial charge in [0.05, 0.1) is 4.91 Å². The summed E-state index contributed by atoms with van der Waals surface area (Å²) in [7, 11) is 0. The van der Waals surface area contributed by atoms with Crippen LogP contribution in [0.3, 0.4) is 0 Å². The van der Waals surface area contributed by atoms with Gasteiger partial charge in [-0.05, 0) is 52.4 Å². The molecule has 1 saturated heterocycles. The summed E-state index contributed by atoms with van der Waals surface area (Å²) in [6.45, 7) is 0.0933.